The Hall–Kier alpha value is -2.44. The van der Waals surface area contributed by atoms with Crippen molar-refractivity contribution in [3.63, 3.8) is 0 Å². The van der Waals surface area contributed by atoms with E-state index in [1.165, 1.54) is 37.2 Å². The minimum Gasteiger partial charge on any atom is -0.452 e. The second kappa shape index (κ2) is 8.93. The number of hydrogen-bond donors (Lipinski definition) is 0. The van der Waals surface area contributed by atoms with E-state index in [1.807, 2.05) is 0 Å². The number of benzene rings is 1. The fraction of sp³-hybridized carbons (Fsp3) is 0.550. The number of nitriles is 1. The highest BCUT2D eigenvalue weighted by Gasteiger charge is 2.39. The van der Waals surface area contributed by atoms with Crippen molar-refractivity contribution in [2.45, 2.75) is 49.5 Å². The van der Waals surface area contributed by atoms with Crippen molar-refractivity contribution in [3.05, 3.63) is 29.3 Å². The first-order valence-electron chi connectivity index (χ1n) is 9.43. The number of hydrogen-bond acceptors (Lipinski definition) is 6. The van der Waals surface area contributed by atoms with Crippen molar-refractivity contribution >= 4 is 21.9 Å². The van der Waals surface area contributed by atoms with Crippen molar-refractivity contribution < 1.29 is 22.7 Å². The highest BCUT2D eigenvalue weighted by Crippen LogP contribution is 2.32. The Labute approximate surface area is 172 Å². The van der Waals surface area contributed by atoms with Crippen LogP contribution in [0.1, 0.15) is 48.0 Å². The van der Waals surface area contributed by atoms with Gasteiger partial charge in [-0.25, -0.2) is 17.5 Å². The van der Waals surface area contributed by atoms with Crippen molar-refractivity contribution in [2.75, 3.05) is 27.7 Å². The average molecular weight is 422 g/mol. The average Bonchev–Trinajstić information content (AvgIpc) is 2.71. The molecule has 9 heteroatoms. The molecule has 1 aliphatic rings. The van der Waals surface area contributed by atoms with E-state index in [4.69, 9.17) is 4.74 Å². The number of likely N-dealkylation sites (N-methyl/N-ethyl adjacent to an activating group) is 1. The van der Waals surface area contributed by atoms with Crippen molar-refractivity contribution in [3.8, 4) is 6.07 Å². The first-order chi connectivity index (χ1) is 13.5. The first kappa shape index (κ1) is 22.8. The molecule has 2 rings (SSSR count). The van der Waals surface area contributed by atoms with Crippen LogP contribution in [0.25, 0.3) is 0 Å². The molecule has 0 heterocycles. The Balaban J connectivity index is 2.13. The van der Waals surface area contributed by atoms with Crippen LogP contribution in [-0.2, 0) is 19.6 Å². The van der Waals surface area contributed by atoms with Crippen LogP contribution >= 0.6 is 0 Å². The number of nitrogens with zero attached hydrogens (tertiary/aromatic N) is 3. The summed E-state index contributed by atoms with van der Waals surface area (Å²) in [5.41, 5.74) is -0.248. The molecule has 0 N–H and O–H groups in total. The van der Waals surface area contributed by atoms with Crippen molar-refractivity contribution in [1.82, 2.24) is 9.21 Å². The van der Waals surface area contributed by atoms with Gasteiger partial charge in [0.2, 0.25) is 10.0 Å². The molecule has 1 amide bonds. The quantitative estimate of drug-likeness (QED) is 0.651. The normalized spacial score (nSPS) is 16.1. The van der Waals surface area contributed by atoms with E-state index in [2.05, 4.69) is 6.07 Å². The number of rotatable bonds is 6. The van der Waals surface area contributed by atoms with Gasteiger partial charge in [-0.05, 0) is 37.5 Å². The smallest absolute Gasteiger partial charge is 0.338 e. The Kier molecular flexibility index (Phi) is 7.03. The van der Waals surface area contributed by atoms with Crippen LogP contribution in [0.15, 0.2) is 23.1 Å². The molecule has 1 aromatic rings. The zero-order valence-electron chi connectivity index (χ0n) is 17.3. The lowest BCUT2D eigenvalue weighted by Crippen LogP contribution is -2.51. The topological polar surface area (TPSA) is 108 Å². The van der Waals surface area contributed by atoms with Crippen molar-refractivity contribution in [1.29, 1.82) is 5.26 Å². The molecule has 0 radical (unpaired) electrons. The highest BCUT2D eigenvalue weighted by molar-refractivity contribution is 7.89. The zero-order chi connectivity index (χ0) is 21.8. The fourth-order valence-corrected chi connectivity index (χ4v) is 4.32. The molecule has 1 aromatic carbocycles. The third-order valence-corrected chi connectivity index (χ3v) is 7.25. The molecule has 0 atom stereocenters. The Morgan fingerprint density at radius 2 is 1.79 bits per heavy atom. The Bertz CT molecular complexity index is 928. The maximum Gasteiger partial charge on any atom is 0.338 e. The summed E-state index contributed by atoms with van der Waals surface area (Å²) in [6.07, 6.45) is 3.98. The van der Waals surface area contributed by atoms with Crippen LogP contribution in [0.3, 0.4) is 0 Å². The van der Waals surface area contributed by atoms with Gasteiger partial charge in [0.1, 0.15) is 5.54 Å². The van der Waals surface area contributed by atoms with E-state index in [-0.39, 0.29) is 10.5 Å². The molecule has 0 aliphatic heterocycles. The molecule has 0 spiro atoms. The van der Waals surface area contributed by atoms with Crippen LogP contribution in [0.4, 0.5) is 0 Å². The van der Waals surface area contributed by atoms with E-state index in [0.717, 1.165) is 23.6 Å². The molecule has 0 saturated heterocycles. The number of sulfonamides is 1. The SMILES string of the molecule is Cc1ccc(S(=O)(=O)N(C)C)cc1C(=O)OCC(=O)N(C)C1(C#N)CCCCC1. The van der Waals surface area contributed by atoms with Crippen LogP contribution < -0.4 is 0 Å². The van der Waals surface area contributed by atoms with Crippen LogP contribution in [0.5, 0.6) is 0 Å². The summed E-state index contributed by atoms with van der Waals surface area (Å²) in [6.45, 7) is 1.15. The van der Waals surface area contributed by atoms with E-state index < -0.39 is 34.0 Å². The highest BCUT2D eigenvalue weighted by atomic mass is 32.2. The van der Waals surface area contributed by atoms with E-state index in [0.29, 0.717) is 18.4 Å². The predicted molar refractivity (Wildman–Crippen MR) is 107 cm³/mol. The molecule has 29 heavy (non-hydrogen) atoms. The minimum absolute atomic E-state index is 0.0332. The predicted octanol–water partition coefficient (Wildman–Crippen LogP) is 2.09. The van der Waals surface area contributed by atoms with Gasteiger partial charge in [0.15, 0.2) is 6.61 Å². The lowest BCUT2D eigenvalue weighted by atomic mass is 9.81. The summed E-state index contributed by atoms with van der Waals surface area (Å²) in [6, 6.07) is 6.44. The largest absolute Gasteiger partial charge is 0.452 e. The summed E-state index contributed by atoms with van der Waals surface area (Å²) in [4.78, 5) is 26.4. The second-order valence-electron chi connectivity index (χ2n) is 7.50. The number of carbonyl (C=O) groups is 2. The summed E-state index contributed by atoms with van der Waals surface area (Å²) in [7, 11) is 0.651. The molecular formula is C20H27N3O5S. The summed E-state index contributed by atoms with van der Waals surface area (Å²) < 4.78 is 30.8. The molecule has 0 unspecified atom stereocenters. The minimum atomic E-state index is -3.71. The molecule has 158 valence electrons. The molecule has 1 fully saturated rings. The Morgan fingerprint density at radius 3 is 2.34 bits per heavy atom. The third-order valence-electron chi connectivity index (χ3n) is 5.44. The monoisotopic (exact) mass is 421 g/mol. The summed E-state index contributed by atoms with van der Waals surface area (Å²) >= 11 is 0. The van der Waals surface area contributed by atoms with E-state index in [1.54, 1.807) is 14.0 Å². The first-order valence-corrected chi connectivity index (χ1v) is 10.9. The van der Waals surface area contributed by atoms with Gasteiger partial charge in [0.25, 0.3) is 5.91 Å². The fourth-order valence-electron chi connectivity index (χ4n) is 3.39. The maximum absolute atomic E-state index is 12.5. The molecule has 1 aliphatic carbocycles. The lowest BCUT2D eigenvalue weighted by molar-refractivity contribution is -0.138. The number of aryl methyl sites for hydroxylation is 1. The van der Waals surface area contributed by atoms with E-state index >= 15 is 0 Å². The second-order valence-corrected chi connectivity index (χ2v) is 9.65. The standard InChI is InChI=1S/C20H27N3O5S/c1-15-8-9-16(29(26,27)22(2)3)12-17(15)19(25)28-13-18(24)23(4)20(14-21)10-6-5-7-11-20/h8-9,12H,5-7,10-11,13H2,1-4H3. The number of esters is 1. The van der Waals surface area contributed by atoms with Gasteiger partial charge in [-0.2, -0.15) is 5.26 Å². The van der Waals surface area contributed by atoms with Gasteiger partial charge in [0.05, 0.1) is 16.5 Å². The van der Waals surface area contributed by atoms with E-state index in [9.17, 15) is 23.3 Å². The summed E-state index contributed by atoms with van der Waals surface area (Å²) in [5, 5.41) is 9.59. The van der Waals surface area contributed by atoms with Gasteiger partial charge >= 0.3 is 5.97 Å². The van der Waals surface area contributed by atoms with Crippen LogP contribution in [0, 0.1) is 18.3 Å². The van der Waals surface area contributed by atoms with Gasteiger partial charge in [-0.1, -0.05) is 25.3 Å². The molecule has 0 bridgehead atoms. The maximum atomic E-state index is 12.5. The molecule has 1 saturated carbocycles. The van der Waals surface area contributed by atoms with Gasteiger partial charge in [-0.3, -0.25) is 4.79 Å². The zero-order valence-corrected chi connectivity index (χ0v) is 18.1. The number of amides is 1. The molecule has 0 aromatic heterocycles. The van der Waals surface area contributed by atoms with Gasteiger partial charge in [-0.15, -0.1) is 0 Å². The van der Waals surface area contributed by atoms with Gasteiger partial charge in [0, 0.05) is 21.1 Å². The third kappa shape index (κ3) is 4.77. The Morgan fingerprint density at radius 1 is 1.17 bits per heavy atom. The molecular weight excluding hydrogens is 394 g/mol. The van der Waals surface area contributed by atoms with Crippen LogP contribution in [0.2, 0.25) is 0 Å². The van der Waals surface area contributed by atoms with Crippen molar-refractivity contribution in [2.24, 2.45) is 0 Å². The van der Waals surface area contributed by atoms with Crippen LogP contribution in [-0.4, -0.2) is 62.8 Å². The summed E-state index contributed by atoms with van der Waals surface area (Å²) in [5.74, 6) is -1.24. The van der Waals surface area contributed by atoms with Gasteiger partial charge < -0.3 is 9.64 Å². The molecule has 8 nitrogen and oxygen atoms in total. The number of carbonyl (C=O) groups excluding carboxylic acids is 2. The number of ether oxygens (including phenoxy) is 1. The lowest BCUT2D eigenvalue weighted by Gasteiger charge is -2.38.